The predicted octanol–water partition coefficient (Wildman–Crippen LogP) is 3.47. The molecule has 9 nitrogen and oxygen atoms in total. The average molecular weight is 436 g/mol. The third-order valence-corrected chi connectivity index (χ3v) is 4.02. The maximum absolute atomic E-state index is 13.5. The van der Waals surface area contributed by atoms with Crippen molar-refractivity contribution in [3.8, 4) is 0 Å². The molecule has 0 heterocycles. The molecule has 0 bridgehead atoms. The molecule has 31 heavy (non-hydrogen) atoms. The van der Waals surface area contributed by atoms with E-state index in [2.05, 4.69) is 4.79 Å². The lowest BCUT2D eigenvalue weighted by atomic mass is 9.98. The number of halogens is 3. The van der Waals surface area contributed by atoms with Gasteiger partial charge in [0.15, 0.2) is 6.04 Å². The summed E-state index contributed by atoms with van der Waals surface area (Å²) in [6.45, 7) is 1.25. The van der Waals surface area contributed by atoms with E-state index in [1.54, 1.807) is 6.07 Å². The lowest BCUT2D eigenvalue weighted by Gasteiger charge is -2.29. The molecule has 1 atom stereocenters. The van der Waals surface area contributed by atoms with Crippen molar-refractivity contribution in [2.24, 2.45) is 0 Å². The highest BCUT2D eigenvalue weighted by atomic mass is 19.4. The highest BCUT2D eigenvalue weighted by Gasteiger charge is 2.50. The Balaban J connectivity index is 2.77. The summed E-state index contributed by atoms with van der Waals surface area (Å²) in [5, 5.41) is 10.9. The van der Waals surface area contributed by atoms with Gasteiger partial charge in [-0.05, 0) is 24.6 Å². The Morgan fingerprint density at radius 3 is 2.19 bits per heavy atom. The van der Waals surface area contributed by atoms with Crippen LogP contribution in [0.4, 0.5) is 24.5 Å². The minimum Gasteiger partial charge on any atom is -0.457 e. The SMILES string of the molecule is CCOC(=O)C(=[N+]=[N-])C(c1ccccc1)N(C(=O)C(F)(F)F)c1ccc([N+](=O)[O-])cc1. The molecule has 1 amide bonds. The maximum atomic E-state index is 13.5. The second-order valence-corrected chi connectivity index (χ2v) is 5.97. The first-order valence-corrected chi connectivity index (χ1v) is 8.70. The van der Waals surface area contributed by atoms with Gasteiger partial charge in [0.05, 0.1) is 11.5 Å². The van der Waals surface area contributed by atoms with E-state index >= 15 is 0 Å². The van der Waals surface area contributed by atoms with Crippen LogP contribution in [0.25, 0.3) is 5.53 Å². The van der Waals surface area contributed by atoms with Crippen molar-refractivity contribution in [3.05, 3.63) is 75.8 Å². The van der Waals surface area contributed by atoms with Crippen LogP contribution in [0.3, 0.4) is 0 Å². The van der Waals surface area contributed by atoms with Gasteiger partial charge in [-0.15, -0.1) is 0 Å². The fraction of sp³-hybridized carbons (Fsp3) is 0.211. The lowest BCUT2D eigenvalue weighted by molar-refractivity contribution is -0.384. The molecule has 0 saturated heterocycles. The van der Waals surface area contributed by atoms with Crippen molar-refractivity contribution < 1.29 is 37.2 Å². The van der Waals surface area contributed by atoms with Crippen LogP contribution in [0.15, 0.2) is 54.6 Å². The van der Waals surface area contributed by atoms with Gasteiger partial charge in [-0.25, -0.2) is 4.79 Å². The third-order valence-electron chi connectivity index (χ3n) is 4.02. The molecule has 0 fully saturated rings. The van der Waals surface area contributed by atoms with Crippen LogP contribution in [0, 0.1) is 10.1 Å². The van der Waals surface area contributed by atoms with Crippen molar-refractivity contribution >= 4 is 29.0 Å². The molecule has 2 rings (SSSR count). The van der Waals surface area contributed by atoms with Gasteiger partial charge in [0.25, 0.3) is 5.69 Å². The Bertz CT molecular complexity index is 1020. The molecular formula is C19H15F3N4O5. The van der Waals surface area contributed by atoms with E-state index < -0.39 is 46.1 Å². The fourth-order valence-electron chi connectivity index (χ4n) is 2.73. The first kappa shape index (κ1) is 23.2. The van der Waals surface area contributed by atoms with Gasteiger partial charge in [-0.2, -0.15) is 18.0 Å². The van der Waals surface area contributed by atoms with Crippen molar-refractivity contribution in [2.75, 3.05) is 11.5 Å². The smallest absolute Gasteiger partial charge is 0.457 e. The normalized spacial score (nSPS) is 11.7. The van der Waals surface area contributed by atoms with Gasteiger partial charge in [0.2, 0.25) is 0 Å². The first-order valence-electron chi connectivity index (χ1n) is 8.70. The van der Waals surface area contributed by atoms with Crippen LogP contribution in [0.2, 0.25) is 0 Å². The molecule has 0 N–H and O–H groups in total. The number of carbonyl (C=O) groups is 2. The number of esters is 1. The molecular weight excluding hydrogens is 421 g/mol. The Morgan fingerprint density at radius 1 is 1.16 bits per heavy atom. The Hall–Kier alpha value is -4.05. The summed E-state index contributed by atoms with van der Waals surface area (Å²) in [6, 6.07) is 8.83. The average Bonchev–Trinajstić information content (AvgIpc) is 2.73. The van der Waals surface area contributed by atoms with Crippen LogP contribution in [0.5, 0.6) is 0 Å². The number of non-ortho nitro benzene ring substituents is 1. The quantitative estimate of drug-likeness (QED) is 0.164. The Morgan fingerprint density at radius 2 is 1.74 bits per heavy atom. The molecule has 0 aliphatic heterocycles. The molecule has 12 heteroatoms. The number of hydrogen-bond acceptors (Lipinski definition) is 5. The van der Waals surface area contributed by atoms with Crippen LogP contribution >= 0.6 is 0 Å². The Kier molecular flexibility index (Phi) is 7.22. The van der Waals surface area contributed by atoms with E-state index in [9.17, 15) is 38.4 Å². The number of carbonyl (C=O) groups excluding carboxylic acids is 2. The fourth-order valence-corrected chi connectivity index (χ4v) is 2.73. The van der Waals surface area contributed by atoms with Gasteiger partial charge >= 0.3 is 23.8 Å². The molecule has 2 aromatic carbocycles. The van der Waals surface area contributed by atoms with Gasteiger partial charge in [0, 0.05) is 17.8 Å². The number of rotatable bonds is 7. The van der Waals surface area contributed by atoms with Crippen LogP contribution in [0.1, 0.15) is 18.5 Å². The van der Waals surface area contributed by atoms with Crippen LogP contribution in [-0.2, 0) is 14.3 Å². The molecule has 1 unspecified atom stereocenters. The van der Waals surface area contributed by atoms with Crippen molar-refractivity contribution in [1.29, 1.82) is 0 Å². The van der Waals surface area contributed by atoms with Crippen molar-refractivity contribution in [2.45, 2.75) is 19.1 Å². The van der Waals surface area contributed by atoms with Crippen molar-refractivity contribution in [1.82, 2.24) is 0 Å². The summed E-state index contributed by atoms with van der Waals surface area (Å²) in [5.41, 5.74) is 7.69. The summed E-state index contributed by atoms with van der Waals surface area (Å²) < 4.78 is 45.2. The molecule has 162 valence electrons. The van der Waals surface area contributed by atoms with Crippen LogP contribution < -0.4 is 4.90 Å². The highest BCUT2D eigenvalue weighted by molar-refractivity contribution is 6.37. The standard InChI is InChI=1S/C19H15F3N4O5/c1-2-31-17(27)15(24-23)16(12-6-4-3-5-7-12)25(18(28)19(20,21)22)13-8-10-14(11-9-13)26(29)30/h3-11,16H,2H2,1H3. The van der Waals surface area contributed by atoms with E-state index in [1.165, 1.54) is 31.2 Å². The van der Waals surface area contributed by atoms with Gasteiger partial charge in [-0.3, -0.25) is 19.8 Å². The molecule has 0 aliphatic carbocycles. The largest absolute Gasteiger partial charge is 0.471 e. The third kappa shape index (κ3) is 5.31. The van der Waals surface area contributed by atoms with E-state index in [-0.39, 0.29) is 17.1 Å². The number of ether oxygens (including phenoxy) is 1. The predicted molar refractivity (Wildman–Crippen MR) is 101 cm³/mol. The number of amides is 1. The second-order valence-electron chi connectivity index (χ2n) is 5.97. The van der Waals surface area contributed by atoms with Crippen molar-refractivity contribution in [3.63, 3.8) is 0 Å². The number of hydrogen-bond donors (Lipinski definition) is 0. The molecule has 0 aliphatic rings. The van der Waals surface area contributed by atoms with Gasteiger partial charge < -0.3 is 10.3 Å². The zero-order valence-electron chi connectivity index (χ0n) is 15.9. The molecule has 2 aromatic rings. The number of alkyl halides is 3. The number of nitro benzene ring substituents is 1. The summed E-state index contributed by atoms with van der Waals surface area (Å²) in [5.74, 6) is -3.64. The summed E-state index contributed by atoms with van der Waals surface area (Å²) in [7, 11) is 0. The zero-order chi connectivity index (χ0) is 23.2. The highest BCUT2D eigenvalue weighted by Crippen LogP contribution is 2.34. The monoisotopic (exact) mass is 436 g/mol. The number of nitrogens with zero attached hydrogens (tertiary/aromatic N) is 4. The molecule has 0 radical (unpaired) electrons. The van der Waals surface area contributed by atoms with E-state index in [0.717, 1.165) is 24.3 Å². The summed E-state index contributed by atoms with van der Waals surface area (Å²) >= 11 is 0. The van der Waals surface area contributed by atoms with Gasteiger partial charge in [0.1, 0.15) is 0 Å². The maximum Gasteiger partial charge on any atom is 0.471 e. The summed E-state index contributed by atoms with van der Waals surface area (Å²) in [6.07, 6.45) is -5.38. The zero-order valence-corrected chi connectivity index (χ0v) is 15.9. The number of anilines is 1. The molecule has 0 spiro atoms. The van der Waals surface area contributed by atoms with E-state index in [0.29, 0.717) is 0 Å². The minimum absolute atomic E-state index is 0.000643. The number of benzene rings is 2. The summed E-state index contributed by atoms with van der Waals surface area (Å²) in [4.78, 5) is 37.8. The minimum atomic E-state index is -5.38. The topological polar surface area (TPSA) is 126 Å². The van der Waals surface area contributed by atoms with Gasteiger partial charge in [-0.1, -0.05) is 30.3 Å². The molecule has 0 aromatic heterocycles. The van der Waals surface area contributed by atoms with E-state index in [4.69, 9.17) is 4.74 Å². The first-order chi connectivity index (χ1) is 14.6. The van der Waals surface area contributed by atoms with Crippen LogP contribution in [-0.4, -0.2) is 40.1 Å². The van der Waals surface area contributed by atoms with E-state index in [1.807, 2.05) is 0 Å². The Labute approximate surface area is 173 Å². The number of nitro groups is 1. The second kappa shape index (κ2) is 9.63. The molecule has 0 saturated carbocycles. The lowest BCUT2D eigenvalue weighted by Crippen LogP contribution is -2.48.